The third kappa shape index (κ3) is 8.12. The molecular weight excluding hydrogens is 222 g/mol. The Balaban J connectivity index is 3.65. The first-order chi connectivity index (χ1) is 8.01. The van der Waals surface area contributed by atoms with Gasteiger partial charge in [-0.3, -0.25) is 9.63 Å². The number of carbonyl (C=O) groups excluding carboxylic acids is 1. The lowest BCUT2D eigenvalue weighted by Crippen LogP contribution is -2.26. The van der Waals surface area contributed by atoms with Gasteiger partial charge < -0.3 is 9.47 Å². The average Bonchev–Trinajstić information content (AvgIpc) is 2.32. The maximum Gasteiger partial charge on any atom is 0.245 e. The van der Waals surface area contributed by atoms with E-state index < -0.39 is 0 Å². The van der Waals surface area contributed by atoms with Gasteiger partial charge in [-0.2, -0.15) is 0 Å². The first-order valence-electron chi connectivity index (χ1n) is 6.05. The number of carbonyl (C=O) groups is 1. The van der Waals surface area contributed by atoms with E-state index in [0.29, 0.717) is 25.6 Å². The number of nitrogens with zero attached hydrogens (tertiary/aromatic N) is 1. The van der Waals surface area contributed by atoms with Crippen molar-refractivity contribution >= 4 is 5.91 Å². The first-order valence-corrected chi connectivity index (χ1v) is 6.05. The molecule has 0 spiro atoms. The predicted octanol–water partition coefficient (Wildman–Crippen LogP) is 1.82. The molecule has 0 aromatic rings. The van der Waals surface area contributed by atoms with Crippen molar-refractivity contribution in [3.8, 4) is 0 Å². The van der Waals surface area contributed by atoms with Gasteiger partial charge in [-0.25, -0.2) is 5.06 Å². The van der Waals surface area contributed by atoms with Crippen molar-refractivity contribution in [2.75, 3.05) is 27.4 Å². The van der Waals surface area contributed by atoms with Crippen molar-refractivity contribution in [3.05, 3.63) is 0 Å². The summed E-state index contributed by atoms with van der Waals surface area (Å²) in [5, 5.41) is 1.25. The molecule has 0 heterocycles. The van der Waals surface area contributed by atoms with Gasteiger partial charge in [0.1, 0.15) is 0 Å². The molecule has 1 amide bonds. The Morgan fingerprint density at radius 3 is 2.47 bits per heavy atom. The summed E-state index contributed by atoms with van der Waals surface area (Å²) in [6.45, 7) is 7.11. The lowest BCUT2D eigenvalue weighted by atomic mass is 10.1. The maximum atomic E-state index is 11.5. The van der Waals surface area contributed by atoms with E-state index in [2.05, 4.69) is 6.92 Å². The molecule has 0 rings (SSSR count). The number of hydrogen-bond donors (Lipinski definition) is 0. The quantitative estimate of drug-likeness (QED) is 0.460. The van der Waals surface area contributed by atoms with Crippen LogP contribution in [0.1, 0.15) is 33.6 Å². The van der Waals surface area contributed by atoms with Crippen LogP contribution in [-0.4, -0.2) is 44.6 Å². The summed E-state index contributed by atoms with van der Waals surface area (Å²) in [4.78, 5) is 16.3. The molecule has 17 heavy (non-hydrogen) atoms. The van der Waals surface area contributed by atoms with E-state index in [1.54, 1.807) is 7.05 Å². The Kier molecular flexibility index (Phi) is 9.03. The van der Waals surface area contributed by atoms with Crippen LogP contribution < -0.4 is 0 Å². The van der Waals surface area contributed by atoms with Gasteiger partial charge in [-0.1, -0.05) is 6.92 Å². The van der Waals surface area contributed by atoms with Gasteiger partial charge in [0.15, 0.2) is 6.29 Å². The van der Waals surface area contributed by atoms with E-state index in [1.165, 1.54) is 12.2 Å². The van der Waals surface area contributed by atoms with Crippen LogP contribution in [0.2, 0.25) is 0 Å². The van der Waals surface area contributed by atoms with Crippen molar-refractivity contribution < 1.29 is 19.1 Å². The number of rotatable bonds is 9. The summed E-state index contributed by atoms with van der Waals surface area (Å²) in [5.41, 5.74) is 0. The highest BCUT2D eigenvalue weighted by molar-refractivity contribution is 5.74. The van der Waals surface area contributed by atoms with E-state index in [-0.39, 0.29) is 12.2 Å². The SMILES string of the molecule is CCOC(C)OC[C@@H](C)CCC(=O)N(C)OC. The number of ether oxygens (including phenoxy) is 2. The minimum atomic E-state index is -0.181. The Labute approximate surface area is 104 Å². The largest absolute Gasteiger partial charge is 0.353 e. The monoisotopic (exact) mass is 247 g/mol. The Hall–Kier alpha value is -0.650. The first kappa shape index (κ1) is 16.4. The van der Waals surface area contributed by atoms with Crippen LogP contribution in [0.25, 0.3) is 0 Å². The fourth-order valence-corrected chi connectivity index (χ4v) is 1.30. The van der Waals surface area contributed by atoms with E-state index in [9.17, 15) is 4.79 Å². The molecule has 0 N–H and O–H groups in total. The van der Waals surface area contributed by atoms with Gasteiger partial charge in [0, 0.05) is 20.1 Å². The fraction of sp³-hybridized carbons (Fsp3) is 0.917. The lowest BCUT2D eigenvalue weighted by Gasteiger charge is -2.18. The zero-order valence-corrected chi connectivity index (χ0v) is 11.6. The molecule has 5 nitrogen and oxygen atoms in total. The summed E-state index contributed by atoms with van der Waals surface area (Å²) >= 11 is 0. The fourth-order valence-electron chi connectivity index (χ4n) is 1.30. The number of hydrogen-bond acceptors (Lipinski definition) is 4. The molecule has 102 valence electrons. The summed E-state index contributed by atoms with van der Waals surface area (Å²) in [7, 11) is 3.09. The molecule has 2 atom stereocenters. The Bertz CT molecular complexity index is 211. The van der Waals surface area contributed by atoms with Crippen LogP contribution in [-0.2, 0) is 19.1 Å². The molecule has 0 aliphatic heterocycles. The van der Waals surface area contributed by atoms with Crippen LogP contribution in [0.4, 0.5) is 0 Å². The second-order valence-electron chi connectivity index (χ2n) is 4.07. The molecule has 0 aliphatic carbocycles. The Morgan fingerprint density at radius 2 is 1.94 bits per heavy atom. The molecule has 0 aliphatic rings. The van der Waals surface area contributed by atoms with E-state index in [4.69, 9.17) is 14.3 Å². The topological polar surface area (TPSA) is 48.0 Å². The molecule has 0 fully saturated rings. The molecular formula is C12H25NO4. The molecule has 0 radical (unpaired) electrons. The molecule has 1 unspecified atom stereocenters. The zero-order valence-electron chi connectivity index (χ0n) is 11.6. The van der Waals surface area contributed by atoms with Crippen molar-refractivity contribution in [3.63, 3.8) is 0 Å². The van der Waals surface area contributed by atoms with Crippen LogP contribution in [0, 0.1) is 5.92 Å². The predicted molar refractivity (Wildman–Crippen MR) is 65.2 cm³/mol. The van der Waals surface area contributed by atoms with Gasteiger partial charge in [0.2, 0.25) is 5.91 Å². The van der Waals surface area contributed by atoms with Gasteiger partial charge in [0.25, 0.3) is 0 Å². The minimum absolute atomic E-state index is 0.0165. The van der Waals surface area contributed by atoms with Crippen LogP contribution >= 0.6 is 0 Å². The zero-order chi connectivity index (χ0) is 13.3. The third-order valence-corrected chi connectivity index (χ3v) is 2.49. The highest BCUT2D eigenvalue weighted by Crippen LogP contribution is 2.09. The lowest BCUT2D eigenvalue weighted by molar-refractivity contribution is -0.169. The van der Waals surface area contributed by atoms with Crippen molar-refractivity contribution in [1.29, 1.82) is 0 Å². The highest BCUT2D eigenvalue weighted by atomic mass is 16.7. The molecule has 5 heteroatoms. The average molecular weight is 247 g/mol. The van der Waals surface area contributed by atoms with E-state index >= 15 is 0 Å². The molecule has 0 aromatic carbocycles. The van der Waals surface area contributed by atoms with Crippen LogP contribution in [0.15, 0.2) is 0 Å². The van der Waals surface area contributed by atoms with Crippen molar-refractivity contribution in [1.82, 2.24) is 5.06 Å². The normalized spacial score (nSPS) is 14.4. The molecule has 0 saturated heterocycles. The minimum Gasteiger partial charge on any atom is -0.353 e. The summed E-state index contributed by atoms with van der Waals surface area (Å²) in [6.07, 6.45) is 1.07. The smallest absolute Gasteiger partial charge is 0.245 e. The summed E-state index contributed by atoms with van der Waals surface area (Å²) < 4.78 is 10.7. The van der Waals surface area contributed by atoms with Gasteiger partial charge >= 0.3 is 0 Å². The Morgan fingerprint density at radius 1 is 1.29 bits per heavy atom. The molecule has 0 aromatic heterocycles. The van der Waals surface area contributed by atoms with Crippen molar-refractivity contribution in [2.45, 2.75) is 39.9 Å². The van der Waals surface area contributed by atoms with Crippen LogP contribution in [0.5, 0.6) is 0 Å². The van der Waals surface area contributed by atoms with Crippen molar-refractivity contribution in [2.24, 2.45) is 5.92 Å². The van der Waals surface area contributed by atoms with E-state index in [1.807, 2.05) is 13.8 Å². The standard InChI is InChI=1S/C12H25NO4/c1-6-16-11(3)17-9-10(2)7-8-12(14)13(4)15-5/h10-11H,6-9H2,1-5H3/t10-,11?/m0/s1. The van der Waals surface area contributed by atoms with Crippen LogP contribution in [0.3, 0.4) is 0 Å². The summed E-state index contributed by atoms with van der Waals surface area (Å²) in [6, 6.07) is 0. The summed E-state index contributed by atoms with van der Waals surface area (Å²) in [5.74, 6) is 0.310. The van der Waals surface area contributed by atoms with Gasteiger partial charge in [-0.15, -0.1) is 0 Å². The number of hydroxylamine groups is 2. The van der Waals surface area contributed by atoms with Gasteiger partial charge in [0.05, 0.1) is 13.7 Å². The highest BCUT2D eigenvalue weighted by Gasteiger charge is 2.12. The van der Waals surface area contributed by atoms with Gasteiger partial charge in [-0.05, 0) is 26.2 Å². The number of amides is 1. The molecule has 0 bridgehead atoms. The van der Waals surface area contributed by atoms with E-state index in [0.717, 1.165) is 6.42 Å². The molecule has 0 saturated carbocycles. The third-order valence-electron chi connectivity index (χ3n) is 2.49. The second kappa shape index (κ2) is 9.39. The maximum absolute atomic E-state index is 11.5. The second-order valence-corrected chi connectivity index (χ2v) is 4.07.